The normalized spacial score (nSPS) is 12.9. The number of likely N-dealkylation sites (N-methyl/N-ethyl adjacent to an activating group) is 1. The molecule has 2 amide bonds. The van der Waals surface area contributed by atoms with E-state index in [-0.39, 0.29) is 24.4 Å². The van der Waals surface area contributed by atoms with E-state index in [1.807, 2.05) is 70.3 Å². The third kappa shape index (κ3) is 6.08. The maximum absolute atomic E-state index is 12.4. The number of benzene rings is 2. The lowest BCUT2D eigenvalue weighted by Gasteiger charge is -2.21. The van der Waals surface area contributed by atoms with Gasteiger partial charge in [0.15, 0.2) is 6.04 Å². The van der Waals surface area contributed by atoms with Gasteiger partial charge in [-0.25, -0.2) is 0 Å². The number of amides is 2. The van der Waals surface area contributed by atoms with Gasteiger partial charge in [0.25, 0.3) is 5.91 Å². The van der Waals surface area contributed by atoms with E-state index in [4.69, 9.17) is 11.6 Å². The van der Waals surface area contributed by atoms with E-state index in [1.165, 1.54) is 0 Å². The number of anilines is 1. The summed E-state index contributed by atoms with van der Waals surface area (Å²) in [5, 5.41) is 6.28. The fourth-order valence-electron chi connectivity index (χ4n) is 2.86. The Bertz CT molecular complexity index is 803. The van der Waals surface area contributed by atoms with Crippen molar-refractivity contribution in [3.63, 3.8) is 0 Å². The molecular formula is C21H27ClN3O2+. The highest BCUT2D eigenvalue weighted by atomic mass is 35.5. The van der Waals surface area contributed by atoms with E-state index in [1.54, 1.807) is 0 Å². The summed E-state index contributed by atoms with van der Waals surface area (Å²) in [6, 6.07) is 13.1. The summed E-state index contributed by atoms with van der Waals surface area (Å²) < 4.78 is 0. The monoisotopic (exact) mass is 388 g/mol. The van der Waals surface area contributed by atoms with Crippen LogP contribution in [0.1, 0.15) is 23.6 Å². The molecule has 1 unspecified atom stereocenters. The number of hydrogen-bond donors (Lipinski definition) is 3. The molecule has 0 bridgehead atoms. The largest absolute Gasteiger partial charge is 0.342 e. The second-order valence-electron chi connectivity index (χ2n) is 6.91. The van der Waals surface area contributed by atoms with Gasteiger partial charge in [-0.2, -0.15) is 0 Å². The number of para-hydroxylation sites is 1. The molecule has 0 saturated heterocycles. The van der Waals surface area contributed by atoms with E-state index in [2.05, 4.69) is 10.6 Å². The minimum atomic E-state index is -0.294. The lowest BCUT2D eigenvalue weighted by atomic mass is 10.1. The van der Waals surface area contributed by atoms with Gasteiger partial charge < -0.3 is 15.5 Å². The summed E-state index contributed by atoms with van der Waals surface area (Å²) in [5.41, 5.74) is 3.85. The van der Waals surface area contributed by atoms with Crippen LogP contribution in [0.5, 0.6) is 0 Å². The molecule has 2 aromatic carbocycles. The molecule has 0 aliphatic carbocycles. The van der Waals surface area contributed by atoms with Crippen molar-refractivity contribution in [2.75, 3.05) is 18.9 Å². The number of aryl methyl sites for hydroxylation is 2. The first-order valence-corrected chi connectivity index (χ1v) is 9.36. The van der Waals surface area contributed by atoms with Gasteiger partial charge in [-0.1, -0.05) is 41.9 Å². The lowest BCUT2D eigenvalue weighted by molar-refractivity contribution is -0.908. The van der Waals surface area contributed by atoms with Crippen LogP contribution in [0.3, 0.4) is 0 Å². The zero-order chi connectivity index (χ0) is 20.0. The number of carbonyl (C=O) groups excluding carboxylic acids is 2. The second-order valence-corrected chi connectivity index (χ2v) is 7.34. The quantitative estimate of drug-likeness (QED) is 0.680. The first kappa shape index (κ1) is 20.9. The molecule has 0 spiro atoms. The van der Waals surface area contributed by atoms with Crippen LogP contribution >= 0.6 is 11.6 Å². The minimum absolute atomic E-state index is 0.0542. The van der Waals surface area contributed by atoms with Crippen molar-refractivity contribution >= 4 is 29.1 Å². The number of halogens is 1. The van der Waals surface area contributed by atoms with Crippen LogP contribution < -0.4 is 15.5 Å². The summed E-state index contributed by atoms with van der Waals surface area (Å²) in [6.45, 7) is 6.35. The van der Waals surface area contributed by atoms with Gasteiger partial charge >= 0.3 is 0 Å². The molecule has 0 heterocycles. The molecule has 3 N–H and O–H groups in total. The summed E-state index contributed by atoms with van der Waals surface area (Å²) >= 11 is 6.01. The Hall–Kier alpha value is -2.37. The Morgan fingerprint density at radius 3 is 2.37 bits per heavy atom. The van der Waals surface area contributed by atoms with Crippen LogP contribution in [0, 0.1) is 13.8 Å². The van der Waals surface area contributed by atoms with Crippen LogP contribution in [0.2, 0.25) is 5.02 Å². The van der Waals surface area contributed by atoms with E-state index in [0.29, 0.717) is 11.6 Å². The van der Waals surface area contributed by atoms with Crippen molar-refractivity contribution in [3.8, 4) is 0 Å². The molecule has 0 aliphatic heterocycles. The van der Waals surface area contributed by atoms with Crippen molar-refractivity contribution < 1.29 is 14.5 Å². The Kier molecular flexibility index (Phi) is 7.39. The number of rotatable bonds is 7. The third-order valence-electron chi connectivity index (χ3n) is 4.67. The minimum Gasteiger partial charge on any atom is -0.342 e. The lowest BCUT2D eigenvalue weighted by Crippen LogP contribution is -3.12. The van der Waals surface area contributed by atoms with Crippen LogP contribution in [0.4, 0.5) is 5.69 Å². The number of carbonyl (C=O) groups is 2. The van der Waals surface area contributed by atoms with Crippen LogP contribution in [0.15, 0.2) is 42.5 Å². The molecule has 2 aromatic rings. The molecule has 144 valence electrons. The third-order valence-corrected chi connectivity index (χ3v) is 4.91. The fraction of sp³-hybridized carbons (Fsp3) is 0.333. The predicted octanol–water partition coefficient (Wildman–Crippen LogP) is 2.11. The van der Waals surface area contributed by atoms with Crippen molar-refractivity contribution in [1.82, 2.24) is 5.32 Å². The zero-order valence-electron chi connectivity index (χ0n) is 16.2. The maximum atomic E-state index is 12.4. The Morgan fingerprint density at radius 1 is 1.11 bits per heavy atom. The predicted molar refractivity (Wildman–Crippen MR) is 109 cm³/mol. The molecule has 0 fully saturated rings. The molecule has 0 saturated carbocycles. The summed E-state index contributed by atoms with van der Waals surface area (Å²) in [4.78, 5) is 25.6. The first-order chi connectivity index (χ1) is 12.8. The van der Waals surface area contributed by atoms with Crippen molar-refractivity contribution in [1.29, 1.82) is 0 Å². The van der Waals surface area contributed by atoms with Gasteiger partial charge in [0, 0.05) is 16.3 Å². The van der Waals surface area contributed by atoms with E-state index in [9.17, 15) is 9.59 Å². The van der Waals surface area contributed by atoms with Gasteiger partial charge in [0.05, 0.1) is 13.6 Å². The molecule has 5 nitrogen and oxygen atoms in total. The average Bonchev–Trinajstić information content (AvgIpc) is 2.62. The zero-order valence-corrected chi connectivity index (χ0v) is 17.0. The SMILES string of the molecule is Cc1cccc(C)c1NC(=O)CNC(=O)[C@@H](C)[NH+](C)Cc1cccc(Cl)c1. The number of quaternary nitrogens is 1. The summed E-state index contributed by atoms with van der Waals surface area (Å²) in [7, 11) is 1.95. The second kappa shape index (κ2) is 9.53. The van der Waals surface area contributed by atoms with Crippen molar-refractivity contribution in [3.05, 3.63) is 64.2 Å². The molecule has 0 aliphatic rings. The summed E-state index contributed by atoms with van der Waals surface area (Å²) in [6.07, 6.45) is 0. The maximum Gasteiger partial charge on any atom is 0.278 e. The highest BCUT2D eigenvalue weighted by Gasteiger charge is 2.22. The molecule has 0 radical (unpaired) electrons. The Morgan fingerprint density at radius 2 is 1.74 bits per heavy atom. The number of hydrogen-bond acceptors (Lipinski definition) is 2. The topological polar surface area (TPSA) is 62.6 Å². The highest BCUT2D eigenvalue weighted by Crippen LogP contribution is 2.18. The fourth-order valence-corrected chi connectivity index (χ4v) is 3.07. The van der Waals surface area contributed by atoms with Gasteiger partial charge in [-0.15, -0.1) is 0 Å². The Balaban J connectivity index is 1.86. The average molecular weight is 389 g/mol. The van der Waals surface area contributed by atoms with Crippen molar-refractivity contribution in [2.45, 2.75) is 33.4 Å². The standard InChI is InChI=1S/C21H26ClN3O2/c1-14-7-5-8-15(2)20(14)24-19(26)12-23-21(27)16(3)25(4)13-17-9-6-10-18(22)11-17/h5-11,16H,12-13H2,1-4H3,(H,23,27)(H,24,26)/p+1/t16-/m1/s1. The van der Waals surface area contributed by atoms with E-state index >= 15 is 0 Å². The van der Waals surface area contributed by atoms with Gasteiger partial charge in [0.2, 0.25) is 5.91 Å². The molecule has 27 heavy (non-hydrogen) atoms. The summed E-state index contributed by atoms with van der Waals surface area (Å²) in [5.74, 6) is -0.397. The van der Waals surface area contributed by atoms with E-state index in [0.717, 1.165) is 27.3 Å². The van der Waals surface area contributed by atoms with Crippen molar-refractivity contribution in [2.24, 2.45) is 0 Å². The van der Waals surface area contributed by atoms with Gasteiger partial charge in [-0.05, 0) is 44.0 Å². The molecule has 0 aromatic heterocycles. The highest BCUT2D eigenvalue weighted by molar-refractivity contribution is 6.30. The Labute approximate surface area is 165 Å². The molecule has 6 heteroatoms. The molecule has 2 rings (SSSR count). The smallest absolute Gasteiger partial charge is 0.278 e. The van der Waals surface area contributed by atoms with Gasteiger partial charge in [-0.3, -0.25) is 9.59 Å². The van der Waals surface area contributed by atoms with E-state index < -0.39 is 0 Å². The van der Waals surface area contributed by atoms with Crippen LogP contribution in [0.25, 0.3) is 0 Å². The van der Waals surface area contributed by atoms with Gasteiger partial charge in [0.1, 0.15) is 6.54 Å². The number of nitrogens with one attached hydrogen (secondary N) is 3. The first-order valence-electron chi connectivity index (χ1n) is 8.98. The van der Waals surface area contributed by atoms with Crippen LogP contribution in [-0.2, 0) is 16.1 Å². The molecule has 2 atom stereocenters. The van der Waals surface area contributed by atoms with Crippen LogP contribution in [-0.4, -0.2) is 31.4 Å². The molecular weight excluding hydrogens is 362 g/mol.